The first-order valence-electron chi connectivity index (χ1n) is 6.27. The van der Waals surface area contributed by atoms with Gasteiger partial charge in [-0.15, -0.1) is 0 Å². The van der Waals surface area contributed by atoms with E-state index < -0.39 is 16.1 Å². The Bertz CT molecular complexity index is 566. The van der Waals surface area contributed by atoms with Crippen LogP contribution in [-0.2, 0) is 14.8 Å². The normalized spacial score (nSPS) is 20.4. The van der Waals surface area contributed by atoms with E-state index >= 15 is 0 Å². The lowest BCUT2D eigenvalue weighted by Gasteiger charge is -2.22. The lowest BCUT2D eigenvalue weighted by atomic mass is 10.2. The highest BCUT2D eigenvalue weighted by atomic mass is 32.2. The molecule has 5 nitrogen and oxygen atoms in total. The van der Waals surface area contributed by atoms with Crippen LogP contribution in [0.4, 0.5) is 0 Å². The van der Waals surface area contributed by atoms with Crippen LogP contribution in [0.15, 0.2) is 29.2 Å². The first kappa shape index (κ1) is 14.0. The average molecular weight is 282 g/mol. The largest absolute Gasteiger partial charge is 0.358 e. The maximum atomic E-state index is 12.5. The first-order valence-corrected chi connectivity index (χ1v) is 7.71. The Labute approximate surface area is 113 Å². The number of carbonyl (C=O) groups excluding carboxylic acids is 1. The molecule has 0 saturated carbocycles. The van der Waals surface area contributed by atoms with Crippen LogP contribution in [0.25, 0.3) is 0 Å². The van der Waals surface area contributed by atoms with Gasteiger partial charge in [0, 0.05) is 13.6 Å². The van der Waals surface area contributed by atoms with Gasteiger partial charge in [0.05, 0.1) is 4.90 Å². The number of nitrogens with one attached hydrogen (secondary N) is 1. The Morgan fingerprint density at radius 1 is 1.32 bits per heavy atom. The van der Waals surface area contributed by atoms with Gasteiger partial charge in [0.2, 0.25) is 15.9 Å². The van der Waals surface area contributed by atoms with Crippen LogP contribution >= 0.6 is 0 Å². The molecule has 1 atom stereocenters. The van der Waals surface area contributed by atoms with Crippen molar-refractivity contribution in [2.45, 2.75) is 30.7 Å². The molecule has 1 fully saturated rings. The summed E-state index contributed by atoms with van der Waals surface area (Å²) in [5.74, 6) is -0.242. The quantitative estimate of drug-likeness (QED) is 0.895. The molecule has 1 aromatic rings. The van der Waals surface area contributed by atoms with E-state index in [1.54, 1.807) is 24.3 Å². The summed E-state index contributed by atoms with van der Waals surface area (Å²) in [6.45, 7) is 2.30. The minimum absolute atomic E-state index is 0.242. The second-order valence-corrected chi connectivity index (χ2v) is 6.59. The topological polar surface area (TPSA) is 66.5 Å². The van der Waals surface area contributed by atoms with Gasteiger partial charge in [0.1, 0.15) is 6.04 Å². The molecule has 1 N–H and O–H groups in total. The summed E-state index contributed by atoms with van der Waals surface area (Å²) < 4.78 is 26.3. The van der Waals surface area contributed by atoms with Crippen molar-refractivity contribution in [3.05, 3.63) is 29.8 Å². The molecule has 1 saturated heterocycles. The van der Waals surface area contributed by atoms with E-state index in [-0.39, 0.29) is 10.8 Å². The third-order valence-corrected chi connectivity index (χ3v) is 5.30. The van der Waals surface area contributed by atoms with Gasteiger partial charge in [-0.1, -0.05) is 17.7 Å². The van der Waals surface area contributed by atoms with Crippen LogP contribution in [0.3, 0.4) is 0 Å². The van der Waals surface area contributed by atoms with Crippen LogP contribution in [0.1, 0.15) is 18.4 Å². The lowest BCUT2D eigenvalue weighted by Crippen LogP contribution is -2.44. The van der Waals surface area contributed by atoms with Crippen molar-refractivity contribution in [3.63, 3.8) is 0 Å². The maximum absolute atomic E-state index is 12.5. The summed E-state index contributed by atoms with van der Waals surface area (Å²) in [4.78, 5) is 12.0. The van der Waals surface area contributed by atoms with Gasteiger partial charge < -0.3 is 5.32 Å². The zero-order valence-corrected chi connectivity index (χ0v) is 11.9. The van der Waals surface area contributed by atoms with Crippen LogP contribution in [0.2, 0.25) is 0 Å². The number of benzene rings is 1. The molecule has 104 valence electrons. The van der Waals surface area contributed by atoms with Crippen LogP contribution in [0, 0.1) is 6.92 Å². The number of nitrogens with zero attached hydrogens (tertiary/aromatic N) is 1. The average Bonchev–Trinajstić information content (AvgIpc) is 2.88. The second kappa shape index (κ2) is 5.30. The van der Waals surface area contributed by atoms with Crippen molar-refractivity contribution >= 4 is 15.9 Å². The van der Waals surface area contributed by atoms with Crippen molar-refractivity contribution in [1.29, 1.82) is 0 Å². The van der Waals surface area contributed by atoms with Crippen molar-refractivity contribution in [2.75, 3.05) is 13.6 Å². The fourth-order valence-corrected chi connectivity index (χ4v) is 3.96. The molecule has 1 aromatic carbocycles. The maximum Gasteiger partial charge on any atom is 0.243 e. The smallest absolute Gasteiger partial charge is 0.243 e. The number of aryl methyl sites for hydroxylation is 1. The number of likely N-dealkylation sites (N-methyl/N-ethyl adjacent to an activating group) is 1. The standard InChI is InChI=1S/C13H18N2O3S/c1-10-5-7-11(8-6-10)19(17,18)15-9-3-4-12(15)13(16)14-2/h5-8,12H,3-4,9H2,1-2H3,(H,14,16). The Morgan fingerprint density at radius 3 is 2.53 bits per heavy atom. The van der Waals surface area contributed by atoms with E-state index in [0.717, 1.165) is 5.56 Å². The number of hydrogen-bond acceptors (Lipinski definition) is 3. The lowest BCUT2D eigenvalue weighted by molar-refractivity contribution is -0.123. The zero-order chi connectivity index (χ0) is 14.0. The van der Waals surface area contributed by atoms with Gasteiger partial charge >= 0.3 is 0 Å². The molecule has 1 aliphatic rings. The minimum Gasteiger partial charge on any atom is -0.358 e. The third-order valence-electron chi connectivity index (χ3n) is 3.38. The number of rotatable bonds is 3. The van der Waals surface area contributed by atoms with E-state index in [1.165, 1.54) is 11.4 Å². The van der Waals surface area contributed by atoms with Gasteiger partial charge in [0.15, 0.2) is 0 Å². The van der Waals surface area contributed by atoms with E-state index in [2.05, 4.69) is 5.32 Å². The van der Waals surface area contributed by atoms with Crippen LogP contribution < -0.4 is 5.32 Å². The number of carbonyl (C=O) groups is 1. The predicted molar refractivity (Wildman–Crippen MR) is 72.2 cm³/mol. The Morgan fingerprint density at radius 2 is 1.95 bits per heavy atom. The fourth-order valence-electron chi connectivity index (χ4n) is 2.30. The van der Waals surface area contributed by atoms with Gasteiger partial charge in [-0.3, -0.25) is 4.79 Å². The molecule has 1 heterocycles. The third kappa shape index (κ3) is 2.64. The van der Waals surface area contributed by atoms with Crippen molar-refractivity contribution < 1.29 is 13.2 Å². The summed E-state index contributed by atoms with van der Waals surface area (Å²) in [5.41, 5.74) is 1.00. The Balaban J connectivity index is 2.33. The summed E-state index contributed by atoms with van der Waals surface area (Å²) in [5, 5.41) is 2.52. The predicted octanol–water partition coefficient (Wildman–Crippen LogP) is 0.894. The monoisotopic (exact) mass is 282 g/mol. The zero-order valence-electron chi connectivity index (χ0n) is 11.1. The molecule has 1 aliphatic heterocycles. The molecule has 0 radical (unpaired) electrons. The molecule has 0 spiro atoms. The number of amides is 1. The number of hydrogen-bond donors (Lipinski definition) is 1. The van der Waals surface area contributed by atoms with E-state index in [9.17, 15) is 13.2 Å². The second-order valence-electron chi connectivity index (χ2n) is 4.70. The highest BCUT2D eigenvalue weighted by molar-refractivity contribution is 7.89. The molecule has 6 heteroatoms. The van der Waals surface area contributed by atoms with Crippen LogP contribution in [0.5, 0.6) is 0 Å². The molecule has 0 bridgehead atoms. The molecule has 1 unspecified atom stereocenters. The van der Waals surface area contributed by atoms with E-state index in [0.29, 0.717) is 19.4 Å². The summed E-state index contributed by atoms with van der Waals surface area (Å²) in [7, 11) is -2.06. The van der Waals surface area contributed by atoms with Crippen molar-refractivity contribution in [3.8, 4) is 0 Å². The van der Waals surface area contributed by atoms with Crippen LogP contribution in [-0.4, -0.2) is 38.3 Å². The highest BCUT2D eigenvalue weighted by Gasteiger charge is 2.38. The van der Waals surface area contributed by atoms with Crippen molar-refractivity contribution in [1.82, 2.24) is 9.62 Å². The molecule has 1 amide bonds. The summed E-state index contributed by atoms with van der Waals surface area (Å²) in [6.07, 6.45) is 1.29. The Kier molecular flexibility index (Phi) is 3.91. The SMILES string of the molecule is CNC(=O)C1CCCN1S(=O)(=O)c1ccc(C)cc1. The minimum atomic E-state index is -3.59. The molecular formula is C13H18N2O3S. The molecule has 19 heavy (non-hydrogen) atoms. The Hall–Kier alpha value is -1.40. The van der Waals surface area contributed by atoms with E-state index in [4.69, 9.17) is 0 Å². The summed E-state index contributed by atoms with van der Waals surface area (Å²) >= 11 is 0. The molecule has 0 aromatic heterocycles. The van der Waals surface area contributed by atoms with Crippen molar-refractivity contribution in [2.24, 2.45) is 0 Å². The first-order chi connectivity index (χ1) is 8.96. The molecule has 2 rings (SSSR count). The van der Waals surface area contributed by atoms with Gasteiger partial charge in [0.25, 0.3) is 0 Å². The molecular weight excluding hydrogens is 264 g/mol. The number of sulfonamides is 1. The van der Waals surface area contributed by atoms with Gasteiger partial charge in [-0.2, -0.15) is 4.31 Å². The van der Waals surface area contributed by atoms with Gasteiger partial charge in [-0.05, 0) is 31.9 Å². The molecule has 0 aliphatic carbocycles. The van der Waals surface area contributed by atoms with Gasteiger partial charge in [-0.25, -0.2) is 8.42 Å². The summed E-state index contributed by atoms with van der Waals surface area (Å²) in [6, 6.07) is 6.11. The highest BCUT2D eigenvalue weighted by Crippen LogP contribution is 2.26. The fraction of sp³-hybridized carbons (Fsp3) is 0.462. The van der Waals surface area contributed by atoms with E-state index in [1.807, 2.05) is 6.92 Å².